The van der Waals surface area contributed by atoms with E-state index in [1.165, 1.54) is 23.1 Å². The molecule has 2 aromatic heterocycles. The van der Waals surface area contributed by atoms with Crippen molar-refractivity contribution in [1.29, 1.82) is 0 Å². The Labute approximate surface area is 169 Å². The maximum absolute atomic E-state index is 13.7. The van der Waals surface area contributed by atoms with Crippen LogP contribution in [0.3, 0.4) is 0 Å². The molecule has 1 saturated carbocycles. The van der Waals surface area contributed by atoms with Crippen LogP contribution in [0.2, 0.25) is 0 Å². The zero-order valence-corrected chi connectivity index (χ0v) is 15.7. The van der Waals surface area contributed by atoms with Gasteiger partial charge in [0.1, 0.15) is 29.8 Å². The van der Waals surface area contributed by atoms with Crippen LogP contribution in [0.15, 0.2) is 36.8 Å². The predicted molar refractivity (Wildman–Crippen MR) is 102 cm³/mol. The van der Waals surface area contributed by atoms with Crippen molar-refractivity contribution < 1.29 is 18.0 Å². The average molecular weight is 417 g/mol. The highest BCUT2D eigenvalue weighted by Crippen LogP contribution is 2.19. The maximum Gasteiger partial charge on any atom is 0.241 e. The van der Waals surface area contributed by atoms with Crippen molar-refractivity contribution in [2.24, 2.45) is 0 Å². The first-order chi connectivity index (χ1) is 14.5. The first-order valence-corrected chi connectivity index (χ1v) is 9.25. The highest BCUT2D eigenvalue weighted by atomic mass is 19.1. The van der Waals surface area contributed by atoms with Crippen LogP contribution in [-0.4, -0.2) is 31.7 Å². The summed E-state index contributed by atoms with van der Waals surface area (Å²) in [5.41, 5.74) is 0.275. The van der Waals surface area contributed by atoms with Gasteiger partial charge in [-0.3, -0.25) is 9.48 Å². The van der Waals surface area contributed by atoms with Crippen molar-refractivity contribution in [1.82, 2.24) is 25.1 Å². The van der Waals surface area contributed by atoms with E-state index in [4.69, 9.17) is 0 Å². The van der Waals surface area contributed by atoms with Crippen LogP contribution >= 0.6 is 0 Å². The zero-order valence-electron chi connectivity index (χ0n) is 15.7. The summed E-state index contributed by atoms with van der Waals surface area (Å²) in [6, 6.07) is 3.05. The molecule has 0 aliphatic heterocycles. The summed E-state index contributed by atoms with van der Waals surface area (Å²) in [7, 11) is 0. The van der Waals surface area contributed by atoms with E-state index in [0.29, 0.717) is 23.6 Å². The van der Waals surface area contributed by atoms with Crippen LogP contribution < -0.4 is 16.0 Å². The predicted octanol–water partition coefficient (Wildman–Crippen LogP) is 2.72. The number of benzene rings is 1. The van der Waals surface area contributed by atoms with E-state index in [0.717, 1.165) is 12.8 Å². The molecule has 156 valence electrons. The van der Waals surface area contributed by atoms with Crippen LogP contribution in [0.25, 0.3) is 0 Å². The number of hydrogen-bond acceptors (Lipinski definition) is 6. The van der Waals surface area contributed by atoms with Crippen molar-refractivity contribution in [2.75, 3.05) is 10.6 Å². The average Bonchev–Trinajstić information content (AvgIpc) is 3.39. The van der Waals surface area contributed by atoms with Gasteiger partial charge in [-0.05, 0) is 18.9 Å². The Balaban J connectivity index is 1.36. The molecule has 11 heteroatoms. The van der Waals surface area contributed by atoms with E-state index in [1.807, 2.05) is 0 Å². The van der Waals surface area contributed by atoms with Gasteiger partial charge in [-0.15, -0.1) is 0 Å². The van der Waals surface area contributed by atoms with Crippen molar-refractivity contribution >= 4 is 23.4 Å². The second kappa shape index (κ2) is 8.39. The molecule has 4 rings (SSSR count). The highest BCUT2D eigenvalue weighted by molar-refractivity contribution is 5.76. The van der Waals surface area contributed by atoms with E-state index in [1.54, 1.807) is 6.20 Å². The molecule has 1 aliphatic rings. The number of amides is 1. The Hall–Kier alpha value is -3.63. The second-order valence-corrected chi connectivity index (χ2v) is 6.86. The summed E-state index contributed by atoms with van der Waals surface area (Å²) < 4.78 is 42.0. The first kappa shape index (κ1) is 19.7. The number of halogens is 3. The number of carbonyl (C=O) groups is 1. The molecule has 0 spiro atoms. The smallest absolute Gasteiger partial charge is 0.241 e. The summed E-state index contributed by atoms with van der Waals surface area (Å²) in [5, 5.41) is 12.7. The van der Waals surface area contributed by atoms with Crippen LogP contribution in [0.5, 0.6) is 0 Å². The Morgan fingerprint density at radius 1 is 1.20 bits per heavy atom. The van der Waals surface area contributed by atoms with Crippen molar-refractivity contribution in [3.63, 3.8) is 0 Å². The van der Waals surface area contributed by atoms with Gasteiger partial charge in [0.15, 0.2) is 0 Å². The molecule has 30 heavy (non-hydrogen) atoms. The summed E-state index contributed by atoms with van der Waals surface area (Å²) in [6.07, 6.45) is 6.65. The molecule has 8 nitrogen and oxygen atoms in total. The Morgan fingerprint density at radius 2 is 1.97 bits per heavy atom. The molecular weight excluding hydrogens is 399 g/mol. The van der Waals surface area contributed by atoms with Gasteiger partial charge in [-0.1, -0.05) is 0 Å². The van der Waals surface area contributed by atoms with Gasteiger partial charge in [0.25, 0.3) is 0 Å². The molecule has 3 N–H and O–H groups in total. The minimum atomic E-state index is -0.981. The normalized spacial score (nSPS) is 13.2. The number of anilines is 3. The number of aromatic nitrogens is 4. The minimum absolute atomic E-state index is 0.102. The summed E-state index contributed by atoms with van der Waals surface area (Å²) in [4.78, 5) is 20.1. The molecule has 2 heterocycles. The second-order valence-electron chi connectivity index (χ2n) is 6.86. The number of hydrogen-bond donors (Lipinski definition) is 3. The fourth-order valence-corrected chi connectivity index (χ4v) is 2.73. The highest BCUT2D eigenvalue weighted by Gasteiger charge is 2.23. The molecular formula is C19H18F3N7O. The molecule has 3 aromatic rings. The van der Waals surface area contributed by atoms with Crippen LogP contribution in [0.1, 0.15) is 18.4 Å². The van der Waals surface area contributed by atoms with E-state index in [-0.39, 0.29) is 36.6 Å². The monoisotopic (exact) mass is 417 g/mol. The molecule has 1 aromatic carbocycles. The fourth-order valence-electron chi connectivity index (χ4n) is 2.73. The zero-order chi connectivity index (χ0) is 21.1. The molecule has 0 saturated heterocycles. The molecule has 1 aliphatic carbocycles. The molecule has 0 unspecified atom stereocenters. The SMILES string of the molecule is O=C(Cn1cc(Nc2nccc(NCc3c(F)cc(F)cc3F)n2)cn1)NC1CC1. The van der Waals surface area contributed by atoms with Gasteiger partial charge >= 0.3 is 0 Å². The van der Waals surface area contributed by atoms with E-state index in [9.17, 15) is 18.0 Å². The van der Waals surface area contributed by atoms with Gasteiger partial charge in [-0.25, -0.2) is 18.2 Å². The van der Waals surface area contributed by atoms with Crippen molar-refractivity contribution in [3.05, 3.63) is 59.8 Å². The van der Waals surface area contributed by atoms with Gasteiger partial charge in [0.2, 0.25) is 11.9 Å². The van der Waals surface area contributed by atoms with Crippen LogP contribution in [0, 0.1) is 17.5 Å². The number of rotatable bonds is 8. The Kier molecular flexibility index (Phi) is 5.50. The van der Waals surface area contributed by atoms with E-state index in [2.05, 4.69) is 31.0 Å². The minimum Gasteiger partial charge on any atom is -0.366 e. The summed E-state index contributed by atoms with van der Waals surface area (Å²) >= 11 is 0. The lowest BCUT2D eigenvalue weighted by Crippen LogP contribution is -2.29. The summed E-state index contributed by atoms with van der Waals surface area (Å²) in [5.74, 6) is -2.51. The first-order valence-electron chi connectivity index (χ1n) is 9.25. The third-order valence-electron chi connectivity index (χ3n) is 4.35. The van der Waals surface area contributed by atoms with Gasteiger partial charge < -0.3 is 16.0 Å². The fraction of sp³-hybridized carbons (Fsp3) is 0.263. The lowest BCUT2D eigenvalue weighted by atomic mass is 10.2. The topological polar surface area (TPSA) is 96.8 Å². The van der Waals surface area contributed by atoms with E-state index >= 15 is 0 Å². The molecule has 0 bridgehead atoms. The lowest BCUT2D eigenvalue weighted by Gasteiger charge is -2.09. The van der Waals surface area contributed by atoms with Gasteiger partial charge in [-0.2, -0.15) is 10.1 Å². The Bertz CT molecular complexity index is 1040. The molecule has 1 amide bonds. The summed E-state index contributed by atoms with van der Waals surface area (Å²) in [6.45, 7) is -0.113. The molecule has 0 radical (unpaired) electrons. The number of nitrogens with zero attached hydrogens (tertiary/aromatic N) is 4. The van der Waals surface area contributed by atoms with Gasteiger partial charge in [0.05, 0.1) is 11.9 Å². The molecule has 1 fully saturated rings. The van der Waals surface area contributed by atoms with Crippen molar-refractivity contribution in [2.45, 2.75) is 32.0 Å². The quantitative estimate of drug-likeness (QED) is 0.522. The lowest BCUT2D eigenvalue weighted by molar-refractivity contribution is -0.122. The third kappa shape index (κ3) is 5.04. The number of carbonyl (C=O) groups excluding carboxylic acids is 1. The van der Waals surface area contributed by atoms with Crippen LogP contribution in [-0.2, 0) is 17.9 Å². The Morgan fingerprint density at radius 3 is 2.70 bits per heavy atom. The van der Waals surface area contributed by atoms with E-state index < -0.39 is 17.5 Å². The van der Waals surface area contributed by atoms with Crippen molar-refractivity contribution in [3.8, 4) is 0 Å². The standard InChI is InChI=1S/C19H18F3N7O/c20-11-5-15(21)14(16(22)6-11)8-24-17-3-4-23-19(28-17)27-13-7-25-29(9-13)10-18(30)26-12-1-2-12/h3-7,9,12H,1-2,8,10H2,(H,26,30)(H2,23,24,27,28). The van der Waals surface area contributed by atoms with Gasteiger partial charge in [0, 0.05) is 42.7 Å². The maximum atomic E-state index is 13.7. The number of nitrogens with one attached hydrogen (secondary N) is 3. The molecule has 0 atom stereocenters. The van der Waals surface area contributed by atoms with Crippen LogP contribution in [0.4, 0.5) is 30.6 Å². The largest absolute Gasteiger partial charge is 0.366 e. The third-order valence-corrected chi connectivity index (χ3v) is 4.35.